The highest BCUT2D eigenvalue weighted by Crippen LogP contribution is 2.16. The van der Waals surface area contributed by atoms with Crippen molar-refractivity contribution in [1.82, 2.24) is 9.36 Å². The number of aromatic nitrogens is 2. The Morgan fingerprint density at radius 3 is 2.04 bits per heavy atom. The summed E-state index contributed by atoms with van der Waals surface area (Å²) in [5, 5.41) is 9.26. The van der Waals surface area contributed by atoms with Crippen molar-refractivity contribution in [2.24, 2.45) is 0 Å². The Hall–Kier alpha value is -2.12. The Balaban J connectivity index is 2.12. The molecule has 3 rings (SSSR count). The number of hydrogen-bond acceptors (Lipinski definition) is 2. The lowest BCUT2D eigenvalue weighted by molar-refractivity contribution is 0.0695. The normalized spacial score (nSPS) is 10.8. The van der Waals surface area contributed by atoms with Crippen molar-refractivity contribution in [1.29, 1.82) is 0 Å². The number of carboxylic acid groups (broad SMARTS) is 1. The van der Waals surface area contributed by atoms with Crippen LogP contribution in [0.25, 0.3) is 5.69 Å². The summed E-state index contributed by atoms with van der Waals surface area (Å²) in [5.41, 5.74) is 0.751. The van der Waals surface area contributed by atoms with E-state index in [1.165, 1.54) is 10.9 Å². The molecule has 122 valence electrons. The number of nitrogens with zero attached hydrogens (tertiary/aromatic N) is 2. The third kappa shape index (κ3) is 3.37. The first-order valence-electron chi connectivity index (χ1n) is 7.02. The maximum Gasteiger partial charge on any atom is 0.342 e. The minimum atomic E-state index is -1.24. The van der Waals surface area contributed by atoms with Gasteiger partial charge in [0.1, 0.15) is 5.56 Å². The molecule has 0 amide bonds. The molecule has 1 aromatic heterocycles. The highest BCUT2D eigenvalue weighted by atomic mass is 79.9. The van der Waals surface area contributed by atoms with Gasteiger partial charge in [-0.3, -0.25) is 9.48 Å². The molecule has 2 aromatic carbocycles. The van der Waals surface area contributed by atoms with E-state index in [1.54, 1.807) is 28.9 Å². The third-order valence-corrected chi connectivity index (χ3v) is 4.57. The summed E-state index contributed by atoms with van der Waals surface area (Å²) in [5.74, 6) is -1.24. The average molecular weight is 452 g/mol. The predicted octanol–water partition coefficient (Wildman–Crippen LogP) is 3.91. The van der Waals surface area contributed by atoms with Gasteiger partial charge in [-0.1, -0.05) is 44.0 Å². The second-order valence-corrected chi connectivity index (χ2v) is 7.00. The highest BCUT2D eigenvalue weighted by molar-refractivity contribution is 9.10. The predicted molar refractivity (Wildman–Crippen MR) is 97.9 cm³/mol. The molecule has 0 aliphatic carbocycles. The van der Waals surface area contributed by atoms with E-state index in [2.05, 4.69) is 31.9 Å². The van der Waals surface area contributed by atoms with E-state index in [0.29, 0.717) is 12.2 Å². The van der Waals surface area contributed by atoms with Gasteiger partial charge in [0.2, 0.25) is 0 Å². The van der Waals surface area contributed by atoms with Gasteiger partial charge in [-0.2, -0.15) is 0 Å². The van der Waals surface area contributed by atoms with E-state index in [1.807, 2.05) is 24.3 Å². The van der Waals surface area contributed by atoms with Crippen LogP contribution in [0.5, 0.6) is 0 Å². The molecule has 3 aromatic rings. The third-order valence-electron chi connectivity index (χ3n) is 3.52. The maximum absolute atomic E-state index is 12.5. The van der Waals surface area contributed by atoms with E-state index in [4.69, 9.17) is 0 Å². The van der Waals surface area contributed by atoms with Crippen LogP contribution in [0.15, 0.2) is 68.5 Å². The van der Waals surface area contributed by atoms with Gasteiger partial charge >= 0.3 is 5.97 Å². The summed E-state index contributed by atoms with van der Waals surface area (Å²) in [7, 11) is 0. The van der Waals surface area contributed by atoms with E-state index in [0.717, 1.165) is 14.5 Å². The number of halogens is 2. The second-order valence-electron chi connectivity index (χ2n) is 5.17. The molecule has 1 heterocycles. The Kier molecular flexibility index (Phi) is 4.73. The number of carboxylic acids is 1. The molecule has 24 heavy (non-hydrogen) atoms. The van der Waals surface area contributed by atoms with Gasteiger partial charge in [0.15, 0.2) is 0 Å². The Bertz CT molecular complexity index is 941. The zero-order valence-electron chi connectivity index (χ0n) is 12.3. The monoisotopic (exact) mass is 450 g/mol. The molecule has 5 nitrogen and oxygen atoms in total. The van der Waals surface area contributed by atoms with Crippen LogP contribution in [0.4, 0.5) is 0 Å². The molecule has 0 aliphatic heterocycles. The second kappa shape index (κ2) is 6.78. The first-order chi connectivity index (χ1) is 11.5. The molecule has 0 aliphatic rings. The Morgan fingerprint density at radius 2 is 1.50 bits per heavy atom. The van der Waals surface area contributed by atoms with Crippen molar-refractivity contribution < 1.29 is 9.90 Å². The molecule has 0 saturated carbocycles. The maximum atomic E-state index is 12.5. The lowest BCUT2D eigenvalue weighted by Crippen LogP contribution is -2.24. The lowest BCUT2D eigenvalue weighted by atomic mass is 10.2. The molecule has 0 saturated heterocycles. The smallest absolute Gasteiger partial charge is 0.342 e. The van der Waals surface area contributed by atoms with Crippen LogP contribution in [0, 0.1) is 0 Å². The van der Waals surface area contributed by atoms with Crippen LogP contribution in [-0.4, -0.2) is 20.4 Å². The quantitative estimate of drug-likeness (QED) is 0.653. The number of aromatic carboxylic acids is 1. The fourth-order valence-corrected chi connectivity index (χ4v) is 2.91. The van der Waals surface area contributed by atoms with Crippen LogP contribution in [0.1, 0.15) is 15.9 Å². The zero-order chi connectivity index (χ0) is 17.3. The SMILES string of the molecule is O=C(O)c1cn(Cc2ccc(Br)cc2)n(-c2ccc(Br)cc2)c1=O. The zero-order valence-corrected chi connectivity index (χ0v) is 15.5. The van der Waals surface area contributed by atoms with Crippen molar-refractivity contribution in [2.75, 3.05) is 0 Å². The molecular formula is C17H12Br2N2O3. The molecule has 0 unspecified atom stereocenters. The molecule has 7 heteroatoms. The van der Waals surface area contributed by atoms with Gasteiger partial charge in [-0.25, -0.2) is 9.48 Å². The number of hydrogen-bond donors (Lipinski definition) is 1. The number of benzene rings is 2. The fraction of sp³-hybridized carbons (Fsp3) is 0.0588. The van der Waals surface area contributed by atoms with Crippen LogP contribution >= 0.6 is 31.9 Å². The Labute approximate surface area is 154 Å². The summed E-state index contributed by atoms with van der Waals surface area (Å²) >= 11 is 6.73. The number of rotatable bonds is 4. The van der Waals surface area contributed by atoms with Crippen molar-refractivity contribution in [2.45, 2.75) is 6.54 Å². The van der Waals surface area contributed by atoms with Gasteiger partial charge in [0.05, 0.1) is 12.2 Å². The highest BCUT2D eigenvalue weighted by Gasteiger charge is 2.18. The van der Waals surface area contributed by atoms with E-state index >= 15 is 0 Å². The summed E-state index contributed by atoms with van der Waals surface area (Å²) in [6, 6.07) is 14.8. The molecule has 0 radical (unpaired) electrons. The minimum Gasteiger partial charge on any atom is -0.477 e. The van der Waals surface area contributed by atoms with Crippen LogP contribution in [-0.2, 0) is 6.54 Å². The van der Waals surface area contributed by atoms with Gasteiger partial charge in [-0.05, 0) is 42.0 Å². The Morgan fingerprint density at radius 1 is 0.958 bits per heavy atom. The van der Waals surface area contributed by atoms with Gasteiger partial charge in [-0.15, -0.1) is 0 Å². The van der Waals surface area contributed by atoms with E-state index in [-0.39, 0.29) is 5.56 Å². The summed E-state index contributed by atoms with van der Waals surface area (Å²) < 4.78 is 4.81. The summed E-state index contributed by atoms with van der Waals surface area (Å²) in [4.78, 5) is 23.8. The van der Waals surface area contributed by atoms with Crippen LogP contribution < -0.4 is 5.56 Å². The van der Waals surface area contributed by atoms with Crippen molar-refractivity contribution >= 4 is 37.8 Å². The standard InChI is InChI=1S/C17H12Br2N2O3/c18-12-3-1-11(2-4-12)9-20-10-15(17(23)24)16(22)21(20)14-7-5-13(19)6-8-14/h1-8,10H,9H2,(H,23,24). The first-order valence-corrected chi connectivity index (χ1v) is 8.60. The van der Waals surface area contributed by atoms with Crippen LogP contribution in [0.2, 0.25) is 0 Å². The van der Waals surface area contributed by atoms with E-state index in [9.17, 15) is 14.7 Å². The van der Waals surface area contributed by atoms with Gasteiger partial charge in [0, 0.05) is 15.1 Å². The average Bonchev–Trinajstić information content (AvgIpc) is 2.87. The van der Waals surface area contributed by atoms with Gasteiger partial charge < -0.3 is 5.11 Å². The van der Waals surface area contributed by atoms with Crippen molar-refractivity contribution in [3.63, 3.8) is 0 Å². The van der Waals surface area contributed by atoms with Gasteiger partial charge in [0.25, 0.3) is 5.56 Å². The first kappa shape index (κ1) is 16.7. The van der Waals surface area contributed by atoms with Crippen LogP contribution in [0.3, 0.4) is 0 Å². The molecular weight excluding hydrogens is 440 g/mol. The minimum absolute atomic E-state index is 0.255. The number of carbonyl (C=O) groups is 1. The van der Waals surface area contributed by atoms with E-state index < -0.39 is 11.5 Å². The van der Waals surface area contributed by atoms with Crippen molar-refractivity contribution in [3.8, 4) is 5.69 Å². The van der Waals surface area contributed by atoms with Crippen molar-refractivity contribution in [3.05, 3.63) is 85.2 Å². The summed E-state index contributed by atoms with van der Waals surface area (Å²) in [6.07, 6.45) is 1.37. The molecule has 0 fully saturated rings. The lowest BCUT2D eigenvalue weighted by Gasteiger charge is -2.12. The molecule has 0 bridgehead atoms. The molecule has 1 N–H and O–H groups in total. The molecule has 0 spiro atoms. The fourth-order valence-electron chi connectivity index (χ4n) is 2.38. The largest absolute Gasteiger partial charge is 0.477 e. The topological polar surface area (TPSA) is 64.2 Å². The summed E-state index contributed by atoms with van der Waals surface area (Å²) in [6.45, 7) is 0.381. The molecule has 0 atom stereocenters.